The Morgan fingerprint density at radius 3 is 2.77 bits per heavy atom. The maximum absolute atomic E-state index is 13.4. The number of halogens is 1. The zero-order valence-electron chi connectivity index (χ0n) is 22.5. The number of aliphatic hydroxyl groups excluding tert-OH is 1. The molecule has 1 heterocycles. The second-order valence-corrected chi connectivity index (χ2v) is 10.5. The third-order valence-corrected chi connectivity index (χ3v) is 7.81. The van der Waals surface area contributed by atoms with Crippen LogP contribution >= 0.6 is 11.6 Å². The molecule has 1 saturated heterocycles. The number of methoxy groups -OCH3 is 1. The minimum absolute atomic E-state index is 0.0247. The molecule has 1 aliphatic carbocycles. The quantitative estimate of drug-likeness (QED) is 0.403. The van der Waals surface area contributed by atoms with Crippen LogP contribution in [0, 0.1) is 5.92 Å². The number of benzene rings is 2. The van der Waals surface area contributed by atoms with Gasteiger partial charge in [0.15, 0.2) is 0 Å². The number of aryl methyl sites for hydroxylation is 1. The SMILES string of the molecule is CCc1cccc(-c2c(Cl)cccc2[C@H](OCCNC(=O)OC)[C@H]2CN(C(=O)[C@H]3C[C@@H](N)[C@@H](O)C3)CCO2)c1. The van der Waals surface area contributed by atoms with Gasteiger partial charge in [0.25, 0.3) is 0 Å². The molecule has 0 aromatic heterocycles. The van der Waals surface area contributed by atoms with Crippen LogP contribution in [0.15, 0.2) is 42.5 Å². The van der Waals surface area contributed by atoms with Crippen molar-refractivity contribution in [1.82, 2.24) is 10.2 Å². The number of alkyl carbamates (subject to hydrolysis) is 1. The van der Waals surface area contributed by atoms with Crippen molar-refractivity contribution in [2.45, 2.75) is 50.5 Å². The first kappa shape index (κ1) is 29.3. The van der Waals surface area contributed by atoms with Gasteiger partial charge < -0.3 is 35.3 Å². The number of hydrogen-bond donors (Lipinski definition) is 3. The van der Waals surface area contributed by atoms with Gasteiger partial charge in [-0.3, -0.25) is 4.79 Å². The molecule has 2 aromatic rings. The number of amides is 2. The van der Waals surface area contributed by atoms with E-state index < -0.39 is 24.4 Å². The lowest BCUT2D eigenvalue weighted by Crippen LogP contribution is -2.50. The predicted molar refractivity (Wildman–Crippen MR) is 148 cm³/mol. The van der Waals surface area contributed by atoms with E-state index in [9.17, 15) is 14.7 Å². The number of hydrogen-bond acceptors (Lipinski definition) is 7. The second kappa shape index (κ2) is 13.6. The Morgan fingerprint density at radius 2 is 2.05 bits per heavy atom. The number of nitrogens with one attached hydrogen (secondary N) is 1. The fourth-order valence-electron chi connectivity index (χ4n) is 5.40. The van der Waals surface area contributed by atoms with Crippen molar-refractivity contribution in [3.63, 3.8) is 0 Å². The molecule has 2 aromatic carbocycles. The number of rotatable bonds is 9. The van der Waals surface area contributed by atoms with E-state index in [0.29, 0.717) is 37.6 Å². The highest BCUT2D eigenvalue weighted by Gasteiger charge is 2.40. The van der Waals surface area contributed by atoms with Crippen molar-refractivity contribution >= 4 is 23.6 Å². The third-order valence-electron chi connectivity index (χ3n) is 7.50. The summed E-state index contributed by atoms with van der Waals surface area (Å²) in [5, 5.41) is 13.3. The topological polar surface area (TPSA) is 123 Å². The molecule has 1 saturated carbocycles. The number of carbonyl (C=O) groups excluding carboxylic acids is 2. The fraction of sp³-hybridized carbons (Fsp3) is 0.517. The Hall–Kier alpha value is -2.69. The number of aliphatic hydroxyl groups is 1. The summed E-state index contributed by atoms with van der Waals surface area (Å²) >= 11 is 6.79. The van der Waals surface area contributed by atoms with Crippen molar-refractivity contribution in [2.24, 2.45) is 11.7 Å². The summed E-state index contributed by atoms with van der Waals surface area (Å²) in [7, 11) is 1.30. The van der Waals surface area contributed by atoms with Gasteiger partial charge in [-0.2, -0.15) is 0 Å². The summed E-state index contributed by atoms with van der Waals surface area (Å²) in [5.74, 6) is -0.334. The van der Waals surface area contributed by atoms with E-state index in [1.165, 1.54) is 12.7 Å². The molecule has 9 nitrogen and oxygen atoms in total. The number of morpholine rings is 1. The summed E-state index contributed by atoms with van der Waals surface area (Å²) in [6.45, 7) is 3.64. The number of nitrogens with zero attached hydrogens (tertiary/aromatic N) is 1. The highest BCUT2D eigenvalue weighted by molar-refractivity contribution is 6.33. The van der Waals surface area contributed by atoms with E-state index in [1.54, 1.807) is 4.90 Å². The molecule has 212 valence electrons. The van der Waals surface area contributed by atoms with Crippen molar-refractivity contribution in [3.8, 4) is 11.1 Å². The van der Waals surface area contributed by atoms with Crippen LogP contribution < -0.4 is 11.1 Å². The summed E-state index contributed by atoms with van der Waals surface area (Å²) in [5.41, 5.74) is 9.81. The van der Waals surface area contributed by atoms with Crippen LogP contribution in [0.1, 0.15) is 37.0 Å². The Bertz CT molecular complexity index is 1140. The Labute approximate surface area is 234 Å². The van der Waals surface area contributed by atoms with Gasteiger partial charge in [0.05, 0.1) is 26.4 Å². The summed E-state index contributed by atoms with van der Waals surface area (Å²) in [6, 6.07) is 13.5. The Kier molecular flexibility index (Phi) is 10.2. The summed E-state index contributed by atoms with van der Waals surface area (Å²) in [6.07, 6.45) is -0.543. The maximum Gasteiger partial charge on any atom is 0.406 e. The zero-order valence-corrected chi connectivity index (χ0v) is 23.2. The highest BCUT2D eigenvalue weighted by Crippen LogP contribution is 2.39. The van der Waals surface area contributed by atoms with Crippen LogP contribution in [0.25, 0.3) is 11.1 Å². The van der Waals surface area contributed by atoms with Gasteiger partial charge in [0.1, 0.15) is 12.2 Å². The highest BCUT2D eigenvalue weighted by atomic mass is 35.5. The van der Waals surface area contributed by atoms with E-state index in [-0.39, 0.29) is 31.0 Å². The molecule has 10 heteroatoms. The number of ether oxygens (including phenoxy) is 3. The normalized spacial score (nSPS) is 23.9. The standard InChI is InChI=1S/C29H38ClN3O6/c1-3-18-6-4-7-19(14-18)26-21(8-5-9-22(26)30)27(39-12-10-32-29(36)37-2)25-17-33(11-13-38-25)28(35)20-15-23(31)24(34)16-20/h4-9,14,20,23-25,27,34H,3,10-13,15-17,31H2,1-2H3,(H,32,36)/t20-,23+,24-,25+,27-/m0/s1. The van der Waals surface area contributed by atoms with E-state index in [2.05, 4.69) is 29.1 Å². The van der Waals surface area contributed by atoms with Crippen LogP contribution in [0.3, 0.4) is 0 Å². The molecular formula is C29H38ClN3O6. The van der Waals surface area contributed by atoms with E-state index in [4.69, 9.17) is 26.8 Å². The minimum atomic E-state index is -0.665. The van der Waals surface area contributed by atoms with Crippen molar-refractivity contribution in [1.29, 1.82) is 0 Å². The van der Waals surface area contributed by atoms with Crippen molar-refractivity contribution in [3.05, 3.63) is 58.6 Å². The van der Waals surface area contributed by atoms with Crippen LogP contribution in [0.4, 0.5) is 4.79 Å². The summed E-state index contributed by atoms with van der Waals surface area (Å²) in [4.78, 5) is 26.7. The first-order valence-electron chi connectivity index (χ1n) is 13.5. The van der Waals surface area contributed by atoms with E-state index in [0.717, 1.165) is 23.1 Å². The predicted octanol–water partition coefficient (Wildman–Crippen LogP) is 3.31. The zero-order chi connectivity index (χ0) is 27.9. The molecule has 39 heavy (non-hydrogen) atoms. The number of carbonyl (C=O) groups is 2. The first-order chi connectivity index (χ1) is 18.8. The van der Waals surface area contributed by atoms with Crippen molar-refractivity contribution < 1.29 is 28.9 Å². The van der Waals surface area contributed by atoms with Crippen LogP contribution in [-0.4, -0.2) is 80.2 Å². The molecule has 0 spiro atoms. The van der Waals surface area contributed by atoms with Gasteiger partial charge in [0.2, 0.25) is 5.91 Å². The number of nitrogens with two attached hydrogens (primary N) is 1. The Balaban J connectivity index is 1.62. The van der Waals surface area contributed by atoms with Gasteiger partial charge in [-0.25, -0.2) is 4.79 Å². The molecule has 2 amide bonds. The lowest BCUT2D eigenvalue weighted by atomic mass is 9.91. The fourth-order valence-corrected chi connectivity index (χ4v) is 5.70. The van der Waals surface area contributed by atoms with Gasteiger partial charge in [0, 0.05) is 42.2 Å². The van der Waals surface area contributed by atoms with E-state index in [1.807, 2.05) is 30.3 Å². The van der Waals surface area contributed by atoms with Gasteiger partial charge in [-0.15, -0.1) is 0 Å². The molecule has 0 unspecified atom stereocenters. The van der Waals surface area contributed by atoms with Crippen LogP contribution in [-0.2, 0) is 25.4 Å². The molecule has 5 atom stereocenters. The third kappa shape index (κ3) is 7.10. The molecule has 2 fully saturated rings. The average Bonchev–Trinajstić information content (AvgIpc) is 3.30. The molecule has 0 bridgehead atoms. The van der Waals surface area contributed by atoms with Gasteiger partial charge in [-0.1, -0.05) is 54.9 Å². The monoisotopic (exact) mass is 559 g/mol. The maximum atomic E-state index is 13.4. The Morgan fingerprint density at radius 1 is 1.26 bits per heavy atom. The van der Waals surface area contributed by atoms with E-state index >= 15 is 0 Å². The average molecular weight is 560 g/mol. The van der Waals surface area contributed by atoms with Gasteiger partial charge in [-0.05, 0) is 42.0 Å². The largest absolute Gasteiger partial charge is 0.453 e. The van der Waals surface area contributed by atoms with Crippen LogP contribution in [0.5, 0.6) is 0 Å². The first-order valence-corrected chi connectivity index (χ1v) is 13.8. The molecule has 4 N–H and O–H groups in total. The molecular weight excluding hydrogens is 522 g/mol. The lowest BCUT2D eigenvalue weighted by Gasteiger charge is -2.38. The van der Waals surface area contributed by atoms with Crippen molar-refractivity contribution in [2.75, 3.05) is 40.0 Å². The molecule has 4 rings (SSSR count). The summed E-state index contributed by atoms with van der Waals surface area (Å²) < 4.78 is 17.2. The molecule has 2 aliphatic rings. The molecule has 0 radical (unpaired) electrons. The minimum Gasteiger partial charge on any atom is -0.453 e. The van der Waals surface area contributed by atoms with Gasteiger partial charge >= 0.3 is 6.09 Å². The second-order valence-electron chi connectivity index (χ2n) is 10.1. The molecule has 1 aliphatic heterocycles. The smallest absolute Gasteiger partial charge is 0.406 e. The van der Waals surface area contributed by atoms with Crippen LogP contribution in [0.2, 0.25) is 5.02 Å². The lowest BCUT2D eigenvalue weighted by molar-refractivity contribution is -0.152.